The second-order valence-corrected chi connectivity index (χ2v) is 10.1. The third kappa shape index (κ3) is 5.43. The molecule has 0 bridgehead atoms. The molecular formula is C27H29Cl2N3O5. The lowest BCUT2D eigenvalue weighted by Gasteiger charge is -2.32. The molecule has 2 aromatic carbocycles. The standard InChI is InChI=1S/C27H29Cl2N3O5/c1-3-4-5-25-26(33)31(2)23-13-19(7-9-24(23)36-25)34-14-20-15-35-27(37-20,16-32-11-10-30-17-32)21-8-6-18(28)12-22(21)29/h6-13,17,20,25H,3-5,14-16H2,1-2H3. The van der Waals surface area contributed by atoms with Gasteiger partial charge in [-0.25, -0.2) is 4.98 Å². The van der Waals surface area contributed by atoms with Crippen LogP contribution in [0.1, 0.15) is 31.7 Å². The number of hydrogen-bond donors (Lipinski definition) is 0. The van der Waals surface area contributed by atoms with Gasteiger partial charge in [0, 0.05) is 36.1 Å². The van der Waals surface area contributed by atoms with Crippen molar-refractivity contribution in [2.45, 2.75) is 50.7 Å². The van der Waals surface area contributed by atoms with Crippen LogP contribution in [-0.2, 0) is 26.6 Å². The van der Waals surface area contributed by atoms with E-state index < -0.39 is 11.9 Å². The molecule has 0 saturated carbocycles. The fourth-order valence-electron chi connectivity index (χ4n) is 4.62. The zero-order valence-electron chi connectivity index (χ0n) is 20.7. The number of benzene rings is 2. The molecule has 0 aliphatic carbocycles. The monoisotopic (exact) mass is 545 g/mol. The average Bonchev–Trinajstić information content (AvgIpc) is 3.55. The van der Waals surface area contributed by atoms with E-state index in [1.807, 2.05) is 35.0 Å². The Labute approximate surface area is 226 Å². The lowest BCUT2D eigenvalue weighted by molar-refractivity contribution is -0.189. The van der Waals surface area contributed by atoms with Crippen LogP contribution in [0.25, 0.3) is 0 Å². The Morgan fingerprint density at radius 1 is 1.22 bits per heavy atom. The Kier molecular flexibility index (Phi) is 7.62. The number of aromatic nitrogens is 2. The van der Waals surface area contributed by atoms with E-state index in [1.165, 1.54) is 0 Å². The second kappa shape index (κ2) is 10.9. The minimum atomic E-state index is -1.12. The number of halogens is 2. The first-order valence-corrected chi connectivity index (χ1v) is 13.1. The highest BCUT2D eigenvalue weighted by Gasteiger charge is 2.45. The molecule has 0 N–H and O–H groups in total. The van der Waals surface area contributed by atoms with Gasteiger partial charge in [0.2, 0.25) is 5.79 Å². The lowest BCUT2D eigenvalue weighted by Crippen LogP contribution is -2.43. The molecule has 1 saturated heterocycles. The summed E-state index contributed by atoms with van der Waals surface area (Å²) in [5, 5.41) is 0.981. The number of anilines is 1. The van der Waals surface area contributed by atoms with E-state index in [2.05, 4.69) is 11.9 Å². The fraction of sp³-hybridized carbons (Fsp3) is 0.407. The predicted molar refractivity (Wildman–Crippen MR) is 140 cm³/mol. The van der Waals surface area contributed by atoms with Crippen molar-refractivity contribution in [3.8, 4) is 11.5 Å². The van der Waals surface area contributed by atoms with Crippen LogP contribution in [0, 0.1) is 0 Å². The minimum absolute atomic E-state index is 0.0465. The largest absolute Gasteiger partial charge is 0.491 e. The van der Waals surface area contributed by atoms with Crippen molar-refractivity contribution in [1.82, 2.24) is 9.55 Å². The fourth-order valence-corrected chi connectivity index (χ4v) is 5.18. The van der Waals surface area contributed by atoms with Crippen LogP contribution in [0.15, 0.2) is 55.1 Å². The maximum absolute atomic E-state index is 12.8. The highest BCUT2D eigenvalue weighted by atomic mass is 35.5. The van der Waals surface area contributed by atoms with E-state index in [9.17, 15) is 4.79 Å². The number of ether oxygens (including phenoxy) is 4. The molecule has 196 valence electrons. The molecular weight excluding hydrogens is 517 g/mol. The predicted octanol–water partition coefficient (Wildman–Crippen LogP) is 5.45. The summed E-state index contributed by atoms with van der Waals surface area (Å²) in [5.41, 5.74) is 1.36. The first kappa shape index (κ1) is 25.9. The van der Waals surface area contributed by atoms with Gasteiger partial charge in [0.15, 0.2) is 6.10 Å². The van der Waals surface area contributed by atoms with Gasteiger partial charge in [0.1, 0.15) is 24.2 Å². The minimum Gasteiger partial charge on any atom is -0.491 e. The third-order valence-corrected chi connectivity index (χ3v) is 7.12. The van der Waals surface area contributed by atoms with Crippen LogP contribution in [0.4, 0.5) is 5.69 Å². The topological polar surface area (TPSA) is 75.1 Å². The maximum atomic E-state index is 12.8. The number of imidazole rings is 1. The van der Waals surface area contributed by atoms with Gasteiger partial charge in [-0.3, -0.25) is 4.79 Å². The Morgan fingerprint density at radius 3 is 2.84 bits per heavy atom. The number of hydrogen-bond acceptors (Lipinski definition) is 6. The first-order valence-electron chi connectivity index (χ1n) is 12.3. The van der Waals surface area contributed by atoms with Crippen LogP contribution in [0.2, 0.25) is 10.0 Å². The highest BCUT2D eigenvalue weighted by Crippen LogP contribution is 2.41. The molecule has 0 radical (unpaired) electrons. The van der Waals surface area contributed by atoms with E-state index >= 15 is 0 Å². The molecule has 2 aliphatic heterocycles. The SMILES string of the molecule is CCCCC1Oc2ccc(OCC3COC(Cn4ccnc4)(c4ccc(Cl)cc4Cl)O3)cc2N(C)C1=O. The van der Waals surface area contributed by atoms with Gasteiger partial charge < -0.3 is 28.4 Å². The lowest BCUT2D eigenvalue weighted by atomic mass is 10.1. The number of carbonyl (C=O) groups is 1. The molecule has 3 heterocycles. The summed E-state index contributed by atoms with van der Waals surface area (Å²) in [5.74, 6) is 0.108. The Hall–Kier alpha value is -2.78. The molecule has 1 amide bonds. The Morgan fingerprint density at radius 2 is 2.08 bits per heavy atom. The summed E-state index contributed by atoms with van der Waals surface area (Å²) in [4.78, 5) is 18.5. The molecule has 3 atom stereocenters. The summed E-state index contributed by atoms with van der Waals surface area (Å²) in [6.45, 7) is 3.00. The number of carbonyl (C=O) groups excluding carboxylic acids is 1. The number of rotatable bonds is 9. The Balaban J connectivity index is 1.29. The van der Waals surface area contributed by atoms with Crippen molar-refractivity contribution in [1.29, 1.82) is 0 Å². The molecule has 1 fully saturated rings. The van der Waals surface area contributed by atoms with Gasteiger partial charge in [0.05, 0.1) is 30.2 Å². The van der Waals surface area contributed by atoms with Gasteiger partial charge in [-0.15, -0.1) is 0 Å². The smallest absolute Gasteiger partial charge is 0.267 e. The van der Waals surface area contributed by atoms with Crippen LogP contribution in [0.5, 0.6) is 11.5 Å². The second-order valence-electron chi connectivity index (χ2n) is 9.25. The van der Waals surface area contributed by atoms with Gasteiger partial charge >= 0.3 is 0 Å². The van der Waals surface area contributed by atoms with Crippen molar-refractivity contribution in [2.75, 3.05) is 25.2 Å². The van der Waals surface area contributed by atoms with Crippen LogP contribution < -0.4 is 14.4 Å². The third-order valence-electron chi connectivity index (χ3n) is 6.57. The quantitative estimate of drug-likeness (QED) is 0.355. The molecule has 2 aliphatic rings. The van der Waals surface area contributed by atoms with Crippen LogP contribution in [0.3, 0.4) is 0 Å². The summed E-state index contributed by atoms with van der Waals surface area (Å²) >= 11 is 12.7. The van der Waals surface area contributed by atoms with E-state index in [0.717, 1.165) is 12.8 Å². The summed E-state index contributed by atoms with van der Waals surface area (Å²) in [6.07, 6.45) is 7.07. The van der Waals surface area contributed by atoms with E-state index in [0.29, 0.717) is 52.4 Å². The van der Waals surface area contributed by atoms with Crippen LogP contribution >= 0.6 is 23.2 Å². The van der Waals surface area contributed by atoms with Crippen molar-refractivity contribution < 1.29 is 23.7 Å². The zero-order valence-corrected chi connectivity index (χ0v) is 22.2. The summed E-state index contributed by atoms with van der Waals surface area (Å²) in [7, 11) is 1.76. The number of fused-ring (bicyclic) bond motifs is 1. The number of amides is 1. The van der Waals surface area contributed by atoms with Crippen molar-refractivity contribution in [3.05, 3.63) is 70.7 Å². The maximum Gasteiger partial charge on any atom is 0.267 e. The zero-order chi connectivity index (χ0) is 26.0. The molecule has 3 unspecified atom stereocenters. The summed E-state index contributed by atoms with van der Waals surface area (Å²) < 4.78 is 26.6. The Bertz CT molecular complexity index is 1250. The van der Waals surface area contributed by atoms with E-state index in [1.54, 1.807) is 36.6 Å². The molecule has 0 spiro atoms. The molecule has 8 nitrogen and oxygen atoms in total. The molecule has 1 aromatic heterocycles. The van der Waals surface area contributed by atoms with Crippen LogP contribution in [-0.4, -0.2) is 47.9 Å². The molecule has 3 aromatic rings. The number of unbranched alkanes of at least 4 members (excludes halogenated alkanes) is 1. The van der Waals surface area contributed by atoms with Crippen molar-refractivity contribution >= 4 is 34.8 Å². The molecule has 5 rings (SSSR count). The highest BCUT2D eigenvalue weighted by molar-refractivity contribution is 6.35. The molecule has 37 heavy (non-hydrogen) atoms. The molecule has 10 heteroatoms. The van der Waals surface area contributed by atoms with E-state index in [-0.39, 0.29) is 18.6 Å². The first-order chi connectivity index (χ1) is 17.9. The van der Waals surface area contributed by atoms with Crippen molar-refractivity contribution in [3.63, 3.8) is 0 Å². The number of likely N-dealkylation sites (N-methyl/N-ethyl adjacent to an activating group) is 1. The number of nitrogens with zero attached hydrogens (tertiary/aromatic N) is 3. The summed E-state index contributed by atoms with van der Waals surface area (Å²) in [6, 6.07) is 10.7. The van der Waals surface area contributed by atoms with Crippen molar-refractivity contribution in [2.24, 2.45) is 0 Å². The van der Waals surface area contributed by atoms with E-state index in [4.69, 9.17) is 42.1 Å². The normalized spacial score (nSPS) is 23.1. The average molecular weight is 546 g/mol. The van der Waals surface area contributed by atoms with Gasteiger partial charge in [-0.1, -0.05) is 42.6 Å². The van der Waals surface area contributed by atoms with Gasteiger partial charge in [0.25, 0.3) is 5.91 Å². The van der Waals surface area contributed by atoms with Gasteiger partial charge in [-0.2, -0.15) is 0 Å². The van der Waals surface area contributed by atoms with Gasteiger partial charge in [-0.05, 0) is 37.1 Å².